The van der Waals surface area contributed by atoms with Crippen molar-refractivity contribution in [3.8, 4) is 5.88 Å². The highest BCUT2D eigenvalue weighted by Crippen LogP contribution is 2.23. The number of nitrogens with zero attached hydrogens (tertiary/aromatic N) is 1. The van der Waals surface area contributed by atoms with Crippen molar-refractivity contribution in [2.75, 3.05) is 20.3 Å². The number of rotatable bonds is 9. The van der Waals surface area contributed by atoms with Crippen LogP contribution in [0.15, 0.2) is 18.3 Å². The van der Waals surface area contributed by atoms with E-state index in [9.17, 15) is 27.2 Å². The van der Waals surface area contributed by atoms with Crippen LogP contribution in [0.25, 0.3) is 0 Å². The molecule has 2 N–H and O–H groups in total. The fraction of sp³-hybridized carbons (Fsp3) is 0.462. The summed E-state index contributed by atoms with van der Waals surface area (Å²) in [6.07, 6.45) is -2.95. The molecule has 24 heavy (non-hydrogen) atoms. The molecule has 1 aromatic heterocycles. The lowest BCUT2D eigenvalue weighted by molar-refractivity contribution is -0.148. The number of aliphatic carboxylic acids is 1. The van der Waals surface area contributed by atoms with E-state index in [0.717, 1.165) is 18.3 Å². The topological polar surface area (TPSA) is 97.8 Å². The second-order valence-electron chi connectivity index (χ2n) is 4.56. The monoisotopic (exact) mass is 354 g/mol. The fourth-order valence-corrected chi connectivity index (χ4v) is 1.42. The maximum atomic E-state index is 12.7. The van der Waals surface area contributed by atoms with Gasteiger partial charge >= 0.3 is 18.3 Å². The number of alkyl halides is 4. The smallest absolute Gasteiger partial charge is 0.340 e. The van der Waals surface area contributed by atoms with Crippen LogP contribution in [0.1, 0.15) is 10.4 Å². The number of amides is 1. The van der Waals surface area contributed by atoms with E-state index in [4.69, 9.17) is 5.11 Å². The van der Waals surface area contributed by atoms with Gasteiger partial charge in [-0.05, 0) is 6.07 Å². The summed E-state index contributed by atoms with van der Waals surface area (Å²) in [7, 11) is 1.25. The minimum absolute atomic E-state index is 0.0784. The lowest BCUT2D eigenvalue weighted by Crippen LogP contribution is -2.43. The van der Waals surface area contributed by atoms with Gasteiger partial charge in [0.05, 0.1) is 12.2 Å². The average Bonchev–Trinajstić information content (AvgIpc) is 2.52. The molecule has 0 saturated carbocycles. The Kier molecular flexibility index (Phi) is 6.89. The number of aromatic nitrogens is 1. The molecule has 0 aliphatic carbocycles. The molecular weight excluding hydrogens is 340 g/mol. The van der Waals surface area contributed by atoms with Crippen LogP contribution in [-0.4, -0.2) is 60.7 Å². The highest BCUT2D eigenvalue weighted by molar-refractivity contribution is 5.96. The molecule has 0 bridgehead atoms. The SMILES string of the molecule is COCC(NC(=O)c1ccc(OCC(F)(F)C(F)F)nc1)C(=O)O. The standard InChI is InChI=1S/C13H14F4N2O5/c1-23-5-8(11(21)22)19-10(20)7-2-3-9(18-4-7)24-6-13(16,17)12(14)15/h2-4,8,12H,5-6H2,1H3,(H,19,20)(H,21,22). The zero-order chi connectivity index (χ0) is 18.3. The number of nitrogens with one attached hydrogen (secondary N) is 1. The summed E-state index contributed by atoms with van der Waals surface area (Å²) in [6.45, 7) is -1.84. The molecule has 1 heterocycles. The molecule has 0 aliphatic rings. The molecule has 0 aromatic carbocycles. The summed E-state index contributed by atoms with van der Waals surface area (Å²) in [5.41, 5.74) is -0.0784. The van der Waals surface area contributed by atoms with Crippen LogP contribution in [0.4, 0.5) is 17.6 Å². The third kappa shape index (κ3) is 5.65. The predicted molar refractivity (Wildman–Crippen MR) is 71.4 cm³/mol. The third-order valence-electron chi connectivity index (χ3n) is 2.67. The summed E-state index contributed by atoms with van der Waals surface area (Å²) in [5, 5.41) is 11.0. The maximum absolute atomic E-state index is 12.7. The largest absolute Gasteiger partial charge is 0.480 e. The van der Waals surface area contributed by atoms with E-state index in [1.54, 1.807) is 0 Å². The molecule has 0 spiro atoms. The molecule has 11 heteroatoms. The maximum Gasteiger partial charge on any atom is 0.340 e. The average molecular weight is 354 g/mol. The van der Waals surface area contributed by atoms with Crippen molar-refractivity contribution in [1.82, 2.24) is 10.3 Å². The number of carbonyl (C=O) groups is 2. The molecule has 0 radical (unpaired) electrons. The number of carboxylic acid groups (broad SMARTS) is 1. The Morgan fingerprint density at radius 3 is 2.50 bits per heavy atom. The molecule has 134 valence electrons. The number of hydrogen-bond donors (Lipinski definition) is 2. The zero-order valence-corrected chi connectivity index (χ0v) is 12.3. The second-order valence-corrected chi connectivity index (χ2v) is 4.56. The Morgan fingerprint density at radius 1 is 1.38 bits per heavy atom. The van der Waals surface area contributed by atoms with Crippen molar-refractivity contribution in [3.05, 3.63) is 23.9 Å². The van der Waals surface area contributed by atoms with Gasteiger partial charge in [0.15, 0.2) is 12.6 Å². The molecule has 1 atom stereocenters. The number of carboxylic acids is 1. The summed E-state index contributed by atoms with van der Waals surface area (Å²) in [4.78, 5) is 26.2. The number of pyridine rings is 1. The Balaban J connectivity index is 2.66. The summed E-state index contributed by atoms with van der Waals surface area (Å²) in [6, 6.07) is 0.843. The minimum atomic E-state index is -4.33. The Morgan fingerprint density at radius 2 is 2.04 bits per heavy atom. The van der Waals surface area contributed by atoms with Gasteiger partial charge in [0.25, 0.3) is 5.91 Å². The summed E-state index contributed by atoms with van der Waals surface area (Å²) < 4.78 is 58.4. The number of hydrogen-bond acceptors (Lipinski definition) is 5. The third-order valence-corrected chi connectivity index (χ3v) is 2.67. The van der Waals surface area contributed by atoms with Crippen LogP contribution in [0, 0.1) is 0 Å². The van der Waals surface area contributed by atoms with Crippen LogP contribution in [0.5, 0.6) is 5.88 Å². The summed E-state index contributed by atoms with van der Waals surface area (Å²) in [5.74, 6) is -6.82. The van der Waals surface area contributed by atoms with Crippen molar-refractivity contribution >= 4 is 11.9 Å². The highest BCUT2D eigenvalue weighted by atomic mass is 19.3. The normalized spacial score (nSPS) is 12.8. The molecule has 0 aliphatic heterocycles. The zero-order valence-electron chi connectivity index (χ0n) is 12.3. The molecule has 7 nitrogen and oxygen atoms in total. The van der Waals surface area contributed by atoms with Crippen molar-refractivity contribution in [2.45, 2.75) is 18.4 Å². The van der Waals surface area contributed by atoms with E-state index in [0.29, 0.717) is 0 Å². The first-order chi connectivity index (χ1) is 11.2. The van der Waals surface area contributed by atoms with Gasteiger partial charge in [-0.2, -0.15) is 8.78 Å². The fourth-order valence-electron chi connectivity index (χ4n) is 1.42. The predicted octanol–water partition coefficient (Wildman–Crippen LogP) is 1.19. The number of halogens is 4. The van der Waals surface area contributed by atoms with Gasteiger partial charge in [-0.25, -0.2) is 18.6 Å². The van der Waals surface area contributed by atoms with E-state index >= 15 is 0 Å². The van der Waals surface area contributed by atoms with Crippen molar-refractivity contribution in [3.63, 3.8) is 0 Å². The van der Waals surface area contributed by atoms with Crippen LogP contribution >= 0.6 is 0 Å². The summed E-state index contributed by atoms with van der Waals surface area (Å²) >= 11 is 0. The quantitative estimate of drug-likeness (QED) is 0.647. The van der Waals surface area contributed by atoms with E-state index in [1.807, 2.05) is 0 Å². The van der Waals surface area contributed by atoms with Crippen molar-refractivity contribution < 1.29 is 41.7 Å². The van der Waals surface area contributed by atoms with Gasteiger partial charge in [0.1, 0.15) is 0 Å². The van der Waals surface area contributed by atoms with Gasteiger partial charge in [0, 0.05) is 19.4 Å². The molecule has 1 unspecified atom stereocenters. The number of methoxy groups -OCH3 is 1. The lowest BCUT2D eigenvalue weighted by Gasteiger charge is -2.15. The Hall–Kier alpha value is -2.43. The van der Waals surface area contributed by atoms with Crippen LogP contribution in [0.2, 0.25) is 0 Å². The molecule has 0 saturated heterocycles. The van der Waals surface area contributed by atoms with E-state index in [-0.39, 0.29) is 12.2 Å². The van der Waals surface area contributed by atoms with Gasteiger partial charge in [0.2, 0.25) is 5.88 Å². The molecule has 1 amide bonds. The second kappa shape index (κ2) is 8.43. The van der Waals surface area contributed by atoms with E-state index in [2.05, 4.69) is 19.8 Å². The highest BCUT2D eigenvalue weighted by Gasteiger charge is 2.41. The van der Waals surface area contributed by atoms with Crippen LogP contribution in [0.3, 0.4) is 0 Å². The first-order valence-corrected chi connectivity index (χ1v) is 6.44. The minimum Gasteiger partial charge on any atom is -0.480 e. The van der Waals surface area contributed by atoms with E-state index in [1.165, 1.54) is 7.11 Å². The van der Waals surface area contributed by atoms with Gasteiger partial charge in [-0.15, -0.1) is 0 Å². The molecule has 1 rings (SSSR count). The van der Waals surface area contributed by atoms with Crippen molar-refractivity contribution in [1.29, 1.82) is 0 Å². The molecule has 0 fully saturated rings. The van der Waals surface area contributed by atoms with Gasteiger partial charge < -0.3 is 19.9 Å². The van der Waals surface area contributed by atoms with Gasteiger partial charge in [-0.3, -0.25) is 4.79 Å². The van der Waals surface area contributed by atoms with Crippen LogP contribution in [-0.2, 0) is 9.53 Å². The lowest BCUT2D eigenvalue weighted by atomic mass is 10.2. The first-order valence-electron chi connectivity index (χ1n) is 6.44. The molecule has 1 aromatic rings. The Bertz CT molecular complexity index is 568. The Labute approximate surface area is 133 Å². The molecular formula is C13H14F4N2O5. The number of ether oxygens (including phenoxy) is 2. The van der Waals surface area contributed by atoms with E-state index < -0.39 is 42.8 Å². The first kappa shape index (κ1) is 19.6. The van der Waals surface area contributed by atoms with Crippen LogP contribution < -0.4 is 10.1 Å². The van der Waals surface area contributed by atoms with Gasteiger partial charge in [-0.1, -0.05) is 0 Å². The van der Waals surface area contributed by atoms with Crippen molar-refractivity contribution in [2.24, 2.45) is 0 Å². The number of carbonyl (C=O) groups excluding carboxylic acids is 1.